The number of benzene rings is 1. The van der Waals surface area contributed by atoms with Gasteiger partial charge in [-0.25, -0.2) is 14.4 Å². The summed E-state index contributed by atoms with van der Waals surface area (Å²) in [4.78, 5) is 10.2. The monoisotopic (exact) mass is 334 g/mol. The summed E-state index contributed by atoms with van der Waals surface area (Å²) >= 11 is 3.31. The summed E-state index contributed by atoms with van der Waals surface area (Å²) in [5, 5.41) is 8.55. The Morgan fingerprint density at radius 2 is 2.05 bits per heavy atom. The van der Waals surface area contributed by atoms with E-state index in [9.17, 15) is 4.39 Å². The Kier molecular flexibility index (Phi) is 4.64. The number of aromatic nitrogens is 2. The number of hydrogen-bond acceptors (Lipinski definition) is 4. The molecule has 1 aromatic heterocycles. The highest BCUT2D eigenvalue weighted by molar-refractivity contribution is 9.10. The van der Waals surface area contributed by atoms with Gasteiger partial charge in [-0.15, -0.1) is 0 Å². The van der Waals surface area contributed by atoms with Crippen molar-refractivity contribution in [1.82, 2.24) is 9.97 Å². The number of halogens is 2. The predicted octanol–water partition coefficient (Wildman–Crippen LogP) is 3.40. The van der Waals surface area contributed by atoms with Crippen molar-refractivity contribution in [3.63, 3.8) is 0 Å². The first-order chi connectivity index (χ1) is 9.61. The lowest BCUT2D eigenvalue weighted by molar-refractivity contribution is 0.631. The van der Waals surface area contributed by atoms with E-state index in [1.54, 1.807) is 29.4 Å². The second-order valence-corrected chi connectivity index (χ2v) is 5.14. The van der Waals surface area contributed by atoms with Crippen LogP contribution in [0.4, 0.5) is 10.3 Å². The van der Waals surface area contributed by atoms with Gasteiger partial charge in [-0.2, -0.15) is 5.26 Å². The van der Waals surface area contributed by atoms with Gasteiger partial charge in [0.2, 0.25) is 5.95 Å². The molecule has 0 atom stereocenters. The number of rotatable bonds is 4. The van der Waals surface area contributed by atoms with Crippen LogP contribution >= 0.6 is 15.9 Å². The summed E-state index contributed by atoms with van der Waals surface area (Å²) in [5.74, 6) is 0.196. The van der Waals surface area contributed by atoms with Gasteiger partial charge in [0.05, 0.1) is 12.5 Å². The molecule has 1 aromatic carbocycles. The van der Waals surface area contributed by atoms with Crippen LogP contribution in [0.25, 0.3) is 11.1 Å². The average molecular weight is 335 g/mol. The van der Waals surface area contributed by atoms with Gasteiger partial charge in [-0.3, -0.25) is 0 Å². The molecule has 102 valence electrons. The fourth-order valence-electron chi connectivity index (χ4n) is 1.69. The van der Waals surface area contributed by atoms with E-state index in [4.69, 9.17) is 5.26 Å². The van der Waals surface area contributed by atoms with E-state index in [0.717, 1.165) is 4.47 Å². The van der Waals surface area contributed by atoms with Gasteiger partial charge in [-0.05, 0) is 18.2 Å². The van der Waals surface area contributed by atoms with Gasteiger partial charge in [0.15, 0.2) is 0 Å². The van der Waals surface area contributed by atoms with Crippen molar-refractivity contribution in [2.75, 3.05) is 18.5 Å². The SMILES string of the molecule is CN(CCC#N)c1ncc(-c2cc(Br)ccc2F)cn1. The molecule has 0 spiro atoms. The third-order valence-electron chi connectivity index (χ3n) is 2.78. The highest BCUT2D eigenvalue weighted by Crippen LogP contribution is 2.25. The minimum atomic E-state index is -0.317. The highest BCUT2D eigenvalue weighted by Gasteiger charge is 2.09. The zero-order valence-electron chi connectivity index (χ0n) is 10.8. The first-order valence-corrected chi connectivity index (χ1v) is 6.76. The van der Waals surface area contributed by atoms with Crippen molar-refractivity contribution in [3.05, 3.63) is 40.9 Å². The Morgan fingerprint density at radius 3 is 2.70 bits per heavy atom. The molecule has 6 heteroatoms. The number of nitriles is 1. The number of anilines is 1. The Bertz CT molecular complexity index is 637. The first-order valence-electron chi connectivity index (χ1n) is 5.97. The van der Waals surface area contributed by atoms with Crippen LogP contribution in [0, 0.1) is 17.1 Å². The summed E-state index contributed by atoms with van der Waals surface area (Å²) < 4.78 is 14.6. The van der Waals surface area contributed by atoms with E-state index in [1.165, 1.54) is 6.07 Å². The third kappa shape index (κ3) is 3.31. The molecule has 0 bridgehead atoms. The maximum absolute atomic E-state index is 13.8. The lowest BCUT2D eigenvalue weighted by Crippen LogP contribution is -2.20. The van der Waals surface area contributed by atoms with Crippen molar-refractivity contribution in [1.29, 1.82) is 5.26 Å². The molecule has 2 aromatic rings. The van der Waals surface area contributed by atoms with E-state index in [0.29, 0.717) is 30.0 Å². The second kappa shape index (κ2) is 6.44. The van der Waals surface area contributed by atoms with Crippen molar-refractivity contribution in [3.8, 4) is 17.2 Å². The first kappa shape index (κ1) is 14.4. The predicted molar refractivity (Wildman–Crippen MR) is 78.6 cm³/mol. The Morgan fingerprint density at radius 1 is 1.35 bits per heavy atom. The van der Waals surface area contributed by atoms with Crippen LogP contribution < -0.4 is 4.90 Å². The van der Waals surface area contributed by atoms with Crippen LogP contribution in [0.3, 0.4) is 0 Å². The fourth-order valence-corrected chi connectivity index (χ4v) is 2.05. The zero-order chi connectivity index (χ0) is 14.5. The minimum absolute atomic E-state index is 0.317. The molecule has 0 unspecified atom stereocenters. The van der Waals surface area contributed by atoms with Crippen LogP contribution in [0.2, 0.25) is 0 Å². The molecule has 20 heavy (non-hydrogen) atoms. The lowest BCUT2D eigenvalue weighted by Gasteiger charge is -2.15. The van der Waals surface area contributed by atoms with Gasteiger partial charge >= 0.3 is 0 Å². The summed E-state index contributed by atoms with van der Waals surface area (Å²) in [6.45, 7) is 0.557. The topological polar surface area (TPSA) is 52.8 Å². The van der Waals surface area contributed by atoms with E-state index >= 15 is 0 Å². The maximum atomic E-state index is 13.8. The molecular weight excluding hydrogens is 323 g/mol. The maximum Gasteiger partial charge on any atom is 0.225 e. The van der Waals surface area contributed by atoms with Gasteiger partial charge in [-0.1, -0.05) is 15.9 Å². The third-order valence-corrected chi connectivity index (χ3v) is 3.27. The highest BCUT2D eigenvalue weighted by atomic mass is 79.9. The minimum Gasteiger partial charge on any atom is -0.343 e. The largest absolute Gasteiger partial charge is 0.343 e. The molecular formula is C14H12BrFN4. The van der Waals surface area contributed by atoms with Crippen LogP contribution in [-0.4, -0.2) is 23.6 Å². The quantitative estimate of drug-likeness (QED) is 0.859. The Hall–Kier alpha value is -2.00. The number of hydrogen-bond donors (Lipinski definition) is 0. The molecule has 4 nitrogen and oxygen atoms in total. The van der Waals surface area contributed by atoms with Crippen molar-refractivity contribution >= 4 is 21.9 Å². The molecule has 0 fully saturated rings. The summed E-state index contributed by atoms with van der Waals surface area (Å²) in [7, 11) is 1.81. The molecule has 0 aliphatic heterocycles. The summed E-state index contributed by atoms with van der Waals surface area (Å²) in [6, 6.07) is 6.79. The molecule has 0 aliphatic rings. The van der Waals surface area contributed by atoms with Gasteiger partial charge < -0.3 is 4.90 Å². The van der Waals surface area contributed by atoms with E-state index in [2.05, 4.69) is 32.0 Å². The summed E-state index contributed by atoms with van der Waals surface area (Å²) in [5.41, 5.74) is 1.06. The second-order valence-electron chi connectivity index (χ2n) is 4.23. The molecule has 0 saturated carbocycles. The standard InChI is InChI=1S/C14H12BrFN4/c1-20(6-2-5-17)14-18-8-10(9-19-14)12-7-11(15)3-4-13(12)16/h3-4,7-9H,2,6H2,1H3. The molecule has 0 N–H and O–H groups in total. The van der Waals surface area contributed by atoms with Crippen molar-refractivity contribution < 1.29 is 4.39 Å². The average Bonchev–Trinajstić information content (AvgIpc) is 2.47. The van der Waals surface area contributed by atoms with E-state index in [1.807, 2.05) is 7.05 Å². The molecule has 1 heterocycles. The van der Waals surface area contributed by atoms with E-state index < -0.39 is 0 Å². The van der Waals surface area contributed by atoms with Crippen molar-refractivity contribution in [2.45, 2.75) is 6.42 Å². The van der Waals surface area contributed by atoms with E-state index in [-0.39, 0.29) is 5.82 Å². The lowest BCUT2D eigenvalue weighted by atomic mass is 10.1. The Labute approximate surface area is 125 Å². The smallest absolute Gasteiger partial charge is 0.225 e. The normalized spacial score (nSPS) is 10.1. The van der Waals surface area contributed by atoms with Crippen LogP contribution in [0.1, 0.15) is 6.42 Å². The molecule has 0 aliphatic carbocycles. The Balaban J connectivity index is 2.24. The van der Waals surface area contributed by atoms with Gasteiger partial charge in [0, 0.05) is 41.6 Å². The van der Waals surface area contributed by atoms with Crippen LogP contribution in [0.5, 0.6) is 0 Å². The molecule has 2 rings (SSSR count). The van der Waals surface area contributed by atoms with Crippen molar-refractivity contribution in [2.24, 2.45) is 0 Å². The molecule has 0 radical (unpaired) electrons. The van der Waals surface area contributed by atoms with Crippen LogP contribution in [-0.2, 0) is 0 Å². The number of nitrogens with zero attached hydrogens (tertiary/aromatic N) is 4. The molecule has 0 saturated heterocycles. The zero-order valence-corrected chi connectivity index (χ0v) is 12.4. The molecule has 0 amide bonds. The van der Waals surface area contributed by atoms with Gasteiger partial charge in [0.25, 0.3) is 0 Å². The van der Waals surface area contributed by atoms with Crippen LogP contribution in [0.15, 0.2) is 35.1 Å². The van der Waals surface area contributed by atoms with Gasteiger partial charge in [0.1, 0.15) is 5.82 Å². The summed E-state index contributed by atoms with van der Waals surface area (Å²) in [6.07, 6.45) is 3.56. The fraction of sp³-hybridized carbons (Fsp3) is 0.214.